The number of carbonyl (C=O) groups is 1. The first-order chi connectivity index (χ1) is 16.9. The van der Waals surface area contributed by atoms with Crippen LogP contribution >= 0.6 is 0 Å². The lowest BCUT2D eigenvalue weighted by Crippen LogP contribution is -2.64. The first kappa shape index (κ1) is 29.5. The molecule has 9 N–H and O–H groups in total. The number of esters is 1. The van der Waals surface area contributed by atoms with Crippen LogP contribution in [0.1, 0.15) is 13.8 Å². The Bertz CT molecular complexity index is 724. The van der Waals surface area contributed by atoms with Gasteiger partial charge < -0.3 is 74.4 Å². The number of aliphatic hydroxyl groups excluding tert-OH is 9. The average Bonchev–Trinajstić information content (AvgIpc) is 2.84. The number of hydrogen-bond donors (Lipinski definition) is 9. The van der Waals surface area contributed by atoms with Gasteiger partial charge in [0.15, 0.2) is 12.6 Å². The summed E-state index contributed by atoms with van der Waals surface area (Å²) in [6, 6.07) is 0. The predicted octanol–water partition coefficient (Wildman–Crippen LogP) is -5.97. The van der Waals surface area contributed by atoms with Crippen molar-refractivity contribution in [3.63, 3.8) is 0 Å². The van der Waals surface area contributed by atoms with E-state index in [9.17, 15) is 50.8 Å². The normalized spacial score (nSPS) is 50.0. The van der Waals surface area contributed by atoms with Crippen LogP contribution in [0, 0.1) is 0 Å². The molecule has 0 amide bonds. The summed E-state index contributed by atoms with van der Waals surface area (Å²) in [5, 5.41) is 90.9. The highest BCUT2D eigenvalue weighted by molar-refractivity contribution is 5.66. The van der Waals surface area contributed by atoms with E-state index in [0.29, 0.717) is 0 Å². The van der Waals surface area contributed by atoms with Crippen molar-refractivity contribution in [2.45, 2.75) is 106 Å². The summed E-state index contributed by atoms with van der Waals surface area (Å²) in [5.74, 6) is -0.822. The van der Waals surface area contributed by atoms with Gasteiger partial charge in [0, 0.05) is 6.92 Å². The zero-order chi connectivity index (χ0) is 26.9. The van der Waals surface area contributed by atoms with Gasteiger partial charge >= 0.3 is 5.97 Å². The van der Waals surface area contributed by atoms with E-state index in [1.54, 1.807) is 0 Å². The quantitative estimate of drug-likeness (QED) is 0.139. The molecule has 16 nitrogen and oxygen atoms in total. The van der Waals surface area contributed by atoms with E-state index in [4.69, 9.17) is 28.4 Å². The Hall–Kier alpha value is -1.09. The molecule has 3 rings (SSSR count). The van der Waals surface area contributed by atoms with Gasteiger partial charge in [-0.15, -0.1) is 0 Å². The van der Waals surface area contributed by atoms with Gasteiger partial charge in [0.05, 0.1) is 19.3 Å². The largest absolute Gasteiger partial charge is 0.433 e. The fraction of sp³-hybridized carbons (Fsp3) is 0.950. The van der Waals surface area contributed by atoms with E-state index < -0.39 is 111 Å². The zero-order valence-electron chi connectivity index (χ0n) is 19.5. The topological polar surface area (TPSA) is 255 Å². The Morgan fingerprint density at radius 1 is 0.694 bits per heavy atom. The van der Waals surface area contributed by atoms with Crippen molar-refractivity contribution >= 4 is 5.97 Å². The fourth-order valence-electron chi connectivity index (χ4n) is 4.14. The molecule has 16 heteroatoms. The van der Waals surface area contributed by atoms with Crippen LogP contribution < -0.4 is 0 Å². The van der Waals surface area contributed by atoms with Crippen molar-refractivity contribution in [1.29, 1.82) is 0 Å². The molecule has 3 saturated heterocycles. The standard InChI is InChI=1S/C20H34O16/c1-5-9(23)11(25)14(28)19(32-5)36-17-7(3-21)34-18(16(30)13(17)27)31-4-8-10(24)12(26)15(29)20(35-8)33-6(2)22/h5,7-21,23-30H,3-4H2,1-2H3. The van der Waals surface area contributed by atoms with Gasteiger partial charge in [-0.1, -0.05) is 0 Å². The maximum absolute atomic E-state index is 11.2. The lowest BCUT2D eigenvalue weighted by Gasteiger charge is -2.46. The molecular weight excluding hydrogens is 496 g/mol. The van der Waals surface area contributed by atoms with Crippen LogP contribution in [0.15, 0.2) is 0 Å². The molecule has 210 valence electrons. The van der Waals surface area contributed by atoms with Gasteiger partial charge in [0.1, 0.15) is 67.1 Å². The molecule has 3 aliphatic rings. The Morgan fingerprint density at radius 3 is 1.86 bits per heavy atom. The van der Waals surface area contributed by atoms with E-state index in [1.165, 1.54) is 6.92 Å². The summed E-state index contributed by atoms with van der Waals surface area (Å²) in [4.78, 5) is 11.2. The van der Waals surface area contributed by atoms with Crippen LogP contribution in [0.4, 0.5) is 0 Å². The minimum Gasteiger partial charge on any atom is -0.433 e. The molecule has 0 aromatic rings. The molecule has 15 unspecified atom stereocenters. The lowest BCUT2D eigenvalue weighted by atomic mass is 9.97. The van der Waals surface area contributed by atoms with Gasteiger partial charge in [0.25, 0.3) is 0 Å². The predicted molar refractivity (Wildman–Crippen MR) is 109 cm³/mol. The Kier molecular flexibility index (Phi) is 9.97. The van der Waals surface area contributed by atoms with Crippen LogP contribution in [0.5, 0.6) is 0 Å². The van der Waals surface area contributed by atoms with Crippen molar-refractivity contribution < 1.29 is 79.2 Å². The van der Waals surface area contributed by atoms with E-state index in [0.717, 1.165) is 6.92 Å². The highest BCUT2D eigenvalue weighted by Gasteiger charge is 2.51. The molecular formula is C20H34O16. The number of aliphatic hydroxyl groups is 9. The van der Waals surface area contributed by atoms with E-state index >= 15 is 0 Å². The molecule has 3 fully saturated rings. The van der Waals surface area contributed by atoms with Crippen molar-refractivity contribution in [2.24, 2.45) is 0 Å². The summed E-state index contributed by atoms with van der Waals surface area (Å²) in [6.07, 6.45) is -23.4. The molecule has 36 heavy (non-hydrogen) atoms. The number of ether oxygens (including phenoxy) is 6. The third-order valence-electron chi connectivity index (χ3n) is 6.30. The molecule has 0 aromatic carbocycles. The van der Waals surface area contributed by atoms with Gasteiger partial charge in [-0.25, -0.2) is 0 Å². The van der Waals surface area contributed by atoms with E-state index in [1.807, 2.05) is 0 Å². The second-order valence-electron chi connectivity index (χ2n) is 8.95. The minimum atomic E-state index is -1.80. The summed E-state index contributed by atoms with van der Waals surface area (Å²) in [7, 11) is 0. The van der Waals surface area contributed by atoms with Crippen molar-refractivity contribution in [2.75, 3.05) is 13.2 Å². The Balaban J connectivity index is 1.63. The van der Waals surface area contributed by atoms with Crippen LogP contribution in [0.3, 0.4) is 0 Å². The molecule has 3 heterocycles. The Morgan fingerprint density at radius 2 is 1.25 bits per heavy atom. The third kappa shape index (κ3) is 6.13. The van der Waals surface area contributed by atoms with Gasteiger partial charge in [-0.2, -0.15) is 0 Å². The Labute approximate surface area is 205 Å². The smallest absolute Gasteiger partial charge is 0.305 e. The first-order valence-electron chi connectivity index (χ1n) is 11.3. The molecule has 0 saturated carbocycles. The van der Waals surface area contributed by atoms with Gasteiger partial charge in [0.2, 0.25) is 6.29 Å². The van der Waals surface area contributed by atoms with Crippen molar-refractivity contribution in [1.82, 2.24) is 0 Å². The highest BCUT2D eigenvalue weighted by atomic mass is 16.8. The maximum Gasteiger partial charge on any atom is 0.305 e. The second kappa shape index (κ2) is 12.2. The lowest BCUT2D eigenvalue weighted by molar-refractivity contribution is -0.361. The molecule has 0 spiro atoms. The van der Waals surface area contributed by atoms with Crippen LogP contribution in [-0.4, -0.2) is 157 Å². The molecule has 0 aromatic heterocycles. The fourth-order valence-corrected chi connectivity index (χ4v) is 4.14. The van der Waals surface area contributed by atoms with Crippen LogP contribution in [0.2, 0.25) is 0 Å². The summed E-state index contributed by atoms with van der Waals surface area (Å²) in [6.45, 7) is 1.13. The summed E-state index contributed by atoms with van der Waals surface area (Å²) in [5.41, 5.74) is 0. The number of rotatable bonds is 7. The SMILES string of the molecule is CC(=O)OC1OC(COC2OC(CO)C(OC3OC(C)C(O)C(O)C3O)C(O)C2O)C(O)C(O)C1O. The second-order valence-corrected chi connectivity index (χ2v) is 8.95. The monoisotopic (exact) mass is 530 g/mol. The van der Waals surface area contributed by atoms with Crippen LogP contribution in [0.25, 0.3) is 0 Å². The van der Waals surface area contributed by atoms with Gasteiger partial charge in [-0.05, 0) is 6.92 Å². The van der Waals surface area contributed by atoms with Crippen molar-refractivity contribution in [3.05, 3.63) is 0 Å². The van der Waals surface area contributed by atoms with Crippen molar-refractivity contribution in [3.8, 4) is 0 Å². The number of carbonyl (C=O) groups excluding carboxylic acids is 1. The average molecular weight is 530 g/mol. The molecule has 3 aliphatic heterocycles. The summed E-state index contributed by atoms with van der Waals surface area (Å²) < 4.78 is 31.7. The van der Waals surface area contributed by atoms with Crippen LogP contribution in [-0.2, 0) is 33.2 Å². The first-order valence-corrected chi connectivity index (χ1v) is 11.3. The molecule has 0 bridgehead atoms. The van der Waals surface area contributed by atoms with Gasteiger partial charge in [-0.3, -0.25) is 4.79 Å². The molecule has 15 atom stereocenters. The molecule has 0 radical (unpaired) electrons. The van der Waals surface area contributed by atoms with E-state index in [-0.39, 0.29) is 0 Å². The zero-order valence-corrected chi connectivity index (χ0v) is 19.5. The van der Waals surface area contributed by atoms with E-state index in [2.05, 4.69) is 0 Å². The summed E-state index contributed by atoms with van der Waals surface area (Å²) >= 11 is 0. The molecule has 0 aliphatic carbocycles. The highest BCUT2D eigenvalue weighted by Crippen LogP contribution is 2.30. The number of hydrogen-bond acceptors (Lipinski definition) is 16. The third-order valence-corrected chi connectivity index (χ3v) is 6.30. The minimum absolute atomic E-state index is 0.577. The maximum atomic E-state index is 11.2.